The molecule has 3 aromatic rings. The fraction of sp³-hybridized carbons (Fsp3) is 0.182. The van der Waals surface area contributed by atoms with Crippen LogP contribution in [0, 0.1) is 18.2 Å². The molecule has 2 aromatic carbocycles. The number of esters is 1. The first-order chi connectivity index (χ1) is 14.1. The Morgan fingerprint density at radius 2 is 1.80 bits per heavy atom. The molecule has 0 aliphatic rings. The average molecular weight is 428 g/mol. The predicted molar refractivity (Wildman–Crippen MR) is 112 cm³/mol. The number of hydrogen-bond donors (Lipinski definition) is 1. The molecule has 0 aliphatic heterocycles. The van der Waals surface area contributed by atoms with Crippen LogP contribution < -0.4 is 0 Å². The number of hydrogen-bond acceptors (Lipinski definition) is 5. The van der Waals surface area contributed by atoms with Gasteiger partial charge in [-0.05, 0) is 55.8 Å². The number of rotatable bonds is 6. The van der Waals surface area contributed by atoms with Crippen molar-refractivity contribution in [2.24, 2.45) is 0 Å². The number of nitrogens with zero attached hydrogens (tertiary/aromatic N) is 1. The molecule has 1 aromatic heterocycles. The van der Waals surface area contributed by atoms with Crippen LogP contribution in [0.3, 0.4) is 0 Å². The van der Waals surface area contributed by atoms with Crippen LogP contribution in [-0.4, -0.2) is 37.5 Å². The predicted octanol–water partition coefficient (Wildman–Crippen LogP) is 3.93. The molecule has 0 radical (unpaired) electrons. The normalized spacial score (nSPS) is 11.3. The van der Waals surface area contributed by atoms with E-state index < -0.39 is 21.6 Å². The summed E-state index contributed by atoms with van der Waals surface area (Å²) in [6.45, 7) is 3.53. The first-order valence-electron chi connectivity index (χ1n) is 9.18. The van der Waals surface area contributed by atoms with Crippen LogP contribution in [0.15, 0.2) is 59.5 Å². The second-order valence-electron chi connectivity index (χ2n) is 6.74. The quantitative estimate of drug-likeness (QED) is 0.476. The molecule has 1 heterocycles. The molecule has 156 valence electrons. The number of carbonyl (C=O) groups excluding carboxylic acids is 1. The summed E-state index contributed by atoms with van der Waals surface area (Å²) in [6.07, 6.45) is 1.13. The van der Waals surface area contributed by atoms with Crippen molar-refractivity contribution >= 4 is 21.5 Å². The molecule has 0 saturated carbocycles. The highest BCUT2D eigenvalue weighted by molar-refractivity contribution is 7.90. The van der Waals surface area contributed by atoms with E-state index in [1.807, 2.05) is 0 Å². The first kappa shape index (κ1) is 21.4. The van der Waals surface area contributed by atoms with Crippen molar-refractivity contribution in [2.45, 2.75) is 18.7 Å². The van der Waals surface area contributed by atoms with Crippen LogP contribution >= 0.6 is 0 Å². The van der Waals surface area contributed by atoms with Gasteiger partial charge in [0.2, 0.25) is 0 Å². The van der Waals surface area contributed by atoms with Crippen LogP contribution in [-0.2, 0) is 19.4 Å². The Balaban J connectivity index is 2.21. The summed E-state index contributed by atoms with van der Waals surface area (Å²) in [5, 5.41) is 8.23. The van der Waals surface area contributed by atoms with Gasteiger partial charge in [-0.1, -0.05) is 18.2 Å². The van der Waals surface area contributed by atoms with Crippen molar-refractivity contribution in [3.05, 3.63) is 71.7 Å². The minimum absolute atomic E-state index is 0.144. The van der Waals surface area contributed by atoms with Crippen LogP contribution in [0.5, 0.6) is 0 Å². The zero-order valence-corrected chi connectivity index (χ0v) is 17.6. The summed E-state index contributed by atoms with van der Waals surface area (Å²) < 4.78 is 44.1. The van der Waals surface area contributed by atoms with Crippen molar-refractivity contribution < 1.29 is 22.3 Å². The molecule has 8 heteroatoms. The lowest BCUT2D eigenvalue weighted by Gasteiger charge is -2.13. The van der Waals surface area contributed by atoms with Crippen molar-refractivity contribution in [2.75, 3.05) is 12.9 Å². The minimum Gasteiger partial charge on any atom is -0.461 e. The SMILES string of the molecule is CCOC(=O)C(=N)c1cc(-c2ccc(S(C)(=O)=O)cc2)n(-c2cccc(F)c2)c1C. The van der Waals surface area contributed by atoms with Gasteiger partial charge in [-0.15, -0.1) is 0 Å². The van der Waals surface area contributed by atoms with Crippen molar-refractivity contribution in [1.82, 2.24) is 4.57 Å². The second-order valence-corrected chi connectivity index (χ2v) is 8.75. The second kappa shape index (κ2) is 8.23. The van der Waals surface area contributed by atoms with Crippen LogP contribution in [0.2, 0.25) is 0 Å². The number of nitrogens with one attached hydrogen (secondary N) is 1. The third kappa shape index (κ3) is 4.18. The zero-order valence-electron chi connectivity index (χ0n) is 16.8. The van der Waals surface area contributed by atoms with E-state index >= 15 is 0 Å². The highest BCUT2D eigenvalue weighted by Gasteiger charge is 2.22. The fourth-order valence-corrected chi connectivity index (χ4v) is 3.84. The third-order valence-corrected chi connectivity index (χ3v) is 5.77. The number of halogens is 1. The lowest BCUT2D eigenvalue weighted by atomic mass is 10.1. The molecule has 0 fully saturated rings. The summed E-state index contributed by atoms with van der Waals surface area (Å²) in [4.78, 5) is 12.3. The fourth-order valence-electron chi connectivity index (χ4n) is 3.21. The molecule has 0 atom stereocenters. The summed E-state index contributed by atoms with van der Waals surface area (Å²) >= 11 is 0. The topological polar surface area (TPSA) is 89.2 Å². The van der Waals surface area contributed by atoms with E-state index in [0.29, 0.717) is 28.2 Å². The Hall–Kier alpha value is -3.26. The molecule has 0 bridgehead atoms. The van der Waals surface area contributed by atoms with Gasteiger partial charge in [0.05, 0.1) is 17.2 Å². The monoisotopic (exact) mass is 428 g/mol. The van der Waals surface area contributed by atoms with Gasteiger partial charge in [-0.2, -0.15) is 0 Å². The van der Waals surface area contributed by atoms with E-state index in [9.17, 15) is 17.6 Å². The minimum atomic E-state index is -3.36. The van der Waals surface area contributed by atoms with Crippen LogP contribution in [0.4, 0.5) is 4.39 Å². The van der Waals surface area contributed by atoms with Gasteiger partial charge in [0.1, 0.15) is 11.5 Å². The standard InChI is InChI=1S/C22H21FN2O4S/c1-4-29-22(26)21(24)19-13-20(15-8-10-18(11-9-15)30(3,27)28)25(14(19)2)17-7-5-6-16(23)12-17/h5-13,24H,4H2,1-3H3. The molecule has 0 aliphatic carbocycles. The summed E-state index contributed by atoms with van der Waals surface area (Å²) in [5.74, 6) is -1.18. The maximum atomic E-state index is 13.9. The number of sulfone groups is 1. The van der Waals surface area contributed by atoms with Gasteiger partial charge in [0, 0.05) is 23.2 Å². The smallest absolute Gasteiger partial charge is 0.356 e. The molecule has 6 nitrogen and oxygen atoms in total. The van der Waals surface area contributed by atoms with Gasteiger partial charge >= 0.3 is 5.97 Å². The Bertz CT molecular complexity index is 1230. The van der Waals surface area contributed by atoms with Gasteiger partial charge < -0.3 is 9.30 Å². The number of benzene rings is 2. The molecular formula is C22H21FN2O4S. The lowest BCUT2D eigenvalue weighted by molar-refractivity contribution is -0.135. The molecule has 1 N–H and O–H groups in total. The molecule has 30 heavy (non-hydrogen) atoms. The van der Waals surface area contributed by atoms with Crippen molar-refractivity contribution in [3.8, 4) is 16.9 Å². The van der Waals surface area contributed by atoms with Crippen molar-refractivity contribution in [1.29, 1.82) is 5.41 Å². The first-order valence-corrected chi connectivity index (χ1v) is 11.1. The molecule has 0 unspecified atom stereocenters. The average Bonchev–Trinajstić information content (AvgIpc) is 3.04. The summed E-state index contributed by atoms with van der Waals surface area (Å²) in [5.41, 5.74) is 2.34. The number of ether oxygens (including phenoxy) is 1. The van der Waals surface area contributed by atoms with Gasteiger partial charge in [-0.25, -0.2) is 17.6 Å². The lowest BCUT2D eigenvalue weighted by Crippen LogP contribution is -2.18. The number of aromatic nitrogens is 1. The maximum Gasteiger partial charge on any atom is 0.356 e. The van der Waals surface area contributed by atoms with E-state index in [2.05, 4.69) is 0 Å². The maximum absolute atomic E-state index is 13.9. The Morgan fingerprint density at radius 1 is 1.13 bits per heavy atom. The zero-order chi connectivity index (χ0) is 22.1. The van der Waals surface area contributed by atoms with E-state index in [4.69, 9.17) is 10.1 Å². The van der Waals surface area contributed by atoms with E-state index in [0.717, 1.165) is 6.26 Å². The van der Waals surface area contributed by atoms with E-state index in [1.165, 1.54) is 24.3 Å². The van der Waals surface area contributed by atoms with Crippen LogP contribution in [0.25, 0.3) is 16.9 Å². The number of carbonyl (C=O) groups is 1. The Labute approximate surface area is 174 Å². The highest BCUT2D eigenvalue weighted by Crippen LogP contribution is 2.31. The van der Waals surface area contributed by atoms with Gasteiger partial charge in [0.25, 0.3) is 0 Å². The summed E-state index contributed by atoms with van der Waals surface area (Å²) in [7, 11) is -3.36. The molecule has 3 rings (SSSR count). The van der Waals surface area contributed by atoms with Gasteiger partial charge in [0.15, 0.2) is 9.84 Å². The Morgan fingerprint density at radius 3 is 2.37 bits per heavy atom. The molecule has 0 saturated heterocycles. The van der Waals surface area contributed by atoms with E-state index in [1.54, 1.807) is 48.7 Å². The Kier molecular flexibility index (Phi) is 5.89. The molecular weight excluding hydrogens is 407 g/mol. The largest absolute Gasteiger partial charge is 0.461 e. The van der Waals surface area contributed by atoms with E-state index in [-0.39, 0.29) is 17.2 Å². The molecule has 0 spiro atoms. The summed E-state index contributed by atoms with van der Waals surface area (Å²) in [6, 6.07) is 13.8. The molecule has 0 amide bonds. The highest BCUT2D eigenvalue weighted by atomic mass is 32.2. The van der Waals surface area contributed by atoms with Crippen molar-refractivity contribution in [3.63, 3.8) is 0 Å². The third-order valence-electron chi connectivity index (χ3n) is 4.64. The van der Waals surface area contributed by atoms with Gasteiger partial charge in [-0.3, -0.25) is 5.41 Å². The van der Waals surface area contributed by atoms with Crippen LogP contribution in [0.1, 0.15) is 18.2 Å².